The highest BCUT2D eigenvalue weighted by atomic mass is 16.5. The summed E-state index contributed by atoms with van der Waals surface area (Å²) in [6, 6.07) is 20.1. The Bertz CT molecular complexity index is 1020. The predicted molar refractivity (Wildman–Crippen MR) is 115 cm³/mol. The van der Waals surface area contributed by atoms with Crippen LogP contribution < -0.4 is 14.8 Å². The number of anilines is 1. The second-order valence-corrected chi connectivity index (χ2v) is 6.62. The summed E-state index contributed by atoms with van der Waals surface area (Å²) in [6.07, 6.45) is 1.98. The van der Waals surface area contributed by atoms with E-state index in [-0.39, 0.29) is 11.7 Å². The summed E-state index contributed by atoms with van der Waals surface area (Å²) < 4.78 is 11.1. The summed E-state index contributed by atoms with van der Waals surface area (Å²) in [7, 11) is 1.57. The third-order valence-electron chi connectivity index (χ3n) is 4.25. The first-order valence-electron chi connectivity index (χ1n) is 9.15. The van der Waals surface area contributed by atoms with E-state index < -0.39 is 0 Å². The smallest absolute Gasteiger partial charge is 0.221 e. The number of aromatic hydroxyl groups is 1. The Morgan fingerprint density at radius 3 is 2.10 bits per heavy atom. The van der Waals surface area contributed by atoms with Crippen LogP contribution in [-0.2, 0) is 4.79 Å². The van der Waals surface area contributed by atoms with Gasteiger partial charge in [0.05, 0.1) is 7.11 Å². The lowest BCUT2D eigenvalue weighted by Crippen LogP contribution is -2.05. The van der Waals surface area contributed by atoms with Gasteiger partial charge in [0.15, 0.2) is 0 Å². The molecular formula is C24H23NO4. The van der Waals surface area contributed by atoms with Gasteiger partial charge < -0.3 is 19.9 Å². The molecule has 1 amide bonds. The van der Waals surface area contributed by atoms with Gasteiger partial charge >= 0.3 is 0 Å². The maximum absolute atomic E-state index is 11.1. The predicted octanol–water partition coefficient (Wildman–Crippen LogP) is 5.71. The molecular weight excluding hydrogens is 366 g/mol. The van der Waals surface area contributed by atoms with Crippen LogP contribution in [0.3, 0.4) is 0 Å². The lowest BCUT2D eigenvalue weighted by atomic mass is 10.0. The maximum atomic E-state index is 11.1. The van der Waals surface area contributed by atoms with Crippen molar-refractivity contribution in [1.29, 1.82) is 0 Å². The number of carbonyl (C=O) groups excluding carboxylic acids is 1. The van der Waals surface area contributed by atoms with E-state index in [1.54, 1.807) is 43.5 Å². The van der Waals surface area contributed by atoms with Gasteiger partial charge in [0.2, 0.25) is 5.91 Å². The van der Waals surface area contributed by atoms with E-state index in [4.69, 9.17) is 9.47 Å². The molecule has 29 heavy (non-hydrogen) atoms. The highest BCUT2D eigenvalue weighted by Gasteiger charge is 2.03. The van der Waals surface area contributed by atoms with Crippen LogP contribution in [-0.4, -0.2) is 18.1 Å². The maximum Gasteiger partial charge on any atom is 0.221 e. The number of benzene rings is 3. The molecule has 5 nitrogen and oxygen atoms in total. The molecule has 3 aromatic rings. The Hall–Kier alpha value is -3.73. The number of methoxy groups -OCH3 is 1. The average Bonchev–Trinajstić information content (AvgIpc) is 2.69. The normalized spacial score (nSPS) is 11.1. The molecule has 3 aromatic carbocycles. The van der Waals surface area contributed by atoms with Crippen LogP contribution in [0.25, 0.3) is 11.6 Å². The van der Waals surface area contributed by atoms with Crippen LogP contribution in [0.15, 0.2) is 66.7 Å². The molecule has 5 heteroatoms. The number of rotatable bonds is 6. The van der Waals surface area contributed by atoms with E-state index >= 15 is 0 Å². The van der Waals surface area contributed by atoms with Crippen LogP contribution in [0.4, 0.5) is 5.69 Å². The fraction of sp³-hybridized carbons (Fsp3) is 0.125. The van der Waals surface area contributed by atoms with Gasteiger partial charge in [-0.05, 0) is 72.2 Å². The minimum Gasteiger partial charge on any atom is -0.508 e. The average molecular weight is 389 g/mol. The van der Waals surface area contributed by atoms with Crippen molar-refractivity contribution in [2.45, 2.75) is 13.8 Å². The molecule has 3 rings (SSSR count). The standard InChI is InChI=1S/C24H23NO4/c1-16(12-18-13-21(27)15-24(14-18)28-3)19-4-8-22(9-5-19)29-23-10-6-20(7-11-23)25-17(2)26/h4-15,27H,1-3H3,(H,25,26)/b16-12-. The molecule has 2 N–H and O–H groups in total. The summed E-state index contributed by atoms with van der Waals surface area (Å²) in [6.45, 7) is 3.48. The molecule has 0 radical (unpaired) electrons. The third-order valence-corrected chi connectivity index (χ3v) is 4.25. The van der Waals surface area contributed by atoms with Gasteiger partial charge in [-0.15, -0.1) is 0 Å². The largest absolute Gasteiger partial charge is 0.508 e. The van der Waals surface area contributed by atoms with Crippen molar-refractivity contribution in [3.8, 4) is 23.0 Å². The van der Waals surface area contributed by atoms with E-state index in [9.17, 15) is 9.90 Å². The molecule has 0 fully saturated rings. The quantitative estimate of drug-likeness (QED) is 0.530. The van der Waals surface area contributed by atoms with Gasteiger partial charge in [-0.25, -0.2) is 0 Å². The number of hydrogen-bond donors (Lipinski definition) is 2. The highest BCUT2D eigenvalue weighted by Crippen LogP contribution is 2.28. The molecule has 0 saturated heterocycles. The first kappa shape index (κ1) is 20.0. The number of carbonyl (C=O) groups is 1. The first-order chi connectivity index (χ1) is 13.9. The summed E-state index contributed by atoms with van der Waals surface area (Å²) in [5, 5.41) is 12.5. The zero-order valence-corrected chi connectivity index (χ0v) is 16.6. The number of ether oxygens (including phenoxy) is 2. The summed E-state index contributed by atoms with van der Waals surface area (Å²) in [5.74, 6) is 2.06. The Balaban J connectivity index is 1.71. The summed E-state index contributed by atoms with van der Waals surface area (Å²) >= 11 is 0. The molecule has 0 atom stereocenters. The van der Waals surface area contributed by atoms with Crippen molar-refractivity contribution in [2.75, 3.05) is 12.4 Å². The Kier molecular flexibility index (Phi) is 6.19. The first-order valence-corrected chi connectivity index (χ1v) is 9.15. The van der Waals surface area contributed by atoms with Crippen LogP contribution >= 0.6 is 0 Å². The molecule has 148 valence electrons. The molecule has 0 bridgehead atoms. The highest BCUT2D eigenvalue weighted by molar-refractivity contribution is 5.88. The van der Waals surface area contributed by atoms with Crippen molar-refractivity contribution < 1.29 is 19.4 Å². The van der Waals surface area contributed by atoms with E-state index in [1.165, 1.54) is 6.92 Å². The zero-order chi connectivity index (χ0) is 20.8. The number of hydrogen-bond acceptors (Lipinski definition) is 4. The number of amides is 1. The number of nitrogens with one attached hydrogen (secondary N) is 1. The molecule has 0 unspecified atom stereocenters. The zero-order valence-electron chi connectivity index (χ0n) is 16.6. The van der Waals surface area contributed by atoms with E-state index in [1.807, 2.05) is 43.3 Å². The van der Waals surface area contributed by atoms with Crippen LogP contribution in [0.2, 0.25) is 0 Å². The van der Waals surface area contributed by atoms with E-state index in [0.717, 1.165) is 22.4 Å². The van der Waals surface area contributed by atoms with Gasteiger partial charge in [-0.1, -0.05) is 18.2 Å². The molecule has 0 heterocycles. The molecule has 0 aliphatic carbocycles. The van der Waals surface area contributed by atoms with Crippen molar-refractivity contribution in [2.24, 2.45) is 0 Å². The van der Waals surface area contributed by atoms with Gasteiger partial charge in [-0.2, -0.15) is 0 Å². The Morgan fingerprint density at radius 2 is 1.52 bits per heavy atom. The van der Waals surface area contributed by atoms with Crippen molar-refractivity contribution in [1.82, 2.24) is 0 Å². The fourth-order valence-electron chi connectivity index (χ4n) is 2.87. The second-order valence-electron chi connectivity index (χ2n) is 6.62. The molecule has 0 saturated carbocycles. The van der Waals surface area contributed by atoms with E-state index in [2.05, 4.69) is 5.32 Å². The SMILES string of the molecule is COc1cc(O)cc(/C=C(/C)c2ccc(Oc3ccc(NC(C)=O)cc3)cc2)c1. The van der Waals surface area contributed by atoms with E-state index in [0.29, 0.717) is 17.2 Å². The van der Waals surface area contributed by atoms with Crippen LogP contribution in [0.1, 0.15) is 25.0 Å². The van der Waals surface area contributed by atoms with Crippen molar-refractivity contribution >= 4 is 23.2 Å². The van der Waals surface area contributed by atoms with Crippen molar-refractivity contribution in [3.05, 3.63) is 77.9 Å². The number of phenols is 1. The molecule has 0 aromatic heterocycles. The van der Waals surface area contributed by atoms with Gasteiger partial charge in [0.25, 0.3) is 0 Å². The summed E-state index contributed by atoms with van der Waals surface area (Å²) in [4.78, 5) is 11.1. The van der Waals surface area contributed by atoms with Gasteiger partial charge in [0, 0.05) is 18.7 Å². The van der Waals surface area contributed by atoms with Gasteiger partial charge in [-0.3, -0.25) is 4.79 Å². The van der Waals surface area contributed by atoms with Crippen molar-refractivity contribution in [3.63, 3.8) is 0 Å². The van der Waals surface area contributed by atoms with Gasteiger partial charge in [0.1, 0.15) is 23.0 Å². The monoisotopic (exact) mass is 389 g/mol. The summed E-state index contributed by atoms with van der Waals surface area (Å²) in [5.41, 5.74) is 3.67. The Labute approximate surface area is 170 Å². The minimum absolute atomic E-state index is 0.109. The van der Waals surface area contributed by atoms with Crippen LogP contribution in [0, 0.1) is 0 Å². The molecule has 0 aliphatic rings. The number of phenolic OH excluding ortho intramolecular Hbond substituents is 1. The fourth-order valence-corrected chi connectivity index (χ4v) is 2.87. The Morgan fingerprint density at radius 1 is 0.897 bits per heavy atom. The lowest BCUT2D eigenvalue weighted by Gasteiger charge is -2.09. The minimum atomic E-state index is -0.109. The number of allylic oxidation sites excluding steroid dienone is 1. The lowest BCUT2D eigenvalue weighted by molar-refractivity contribution is -0.114. The third kappa shape index (κ3) is 5.62. The molecule has 0 aliphatic heterocycles. The topological polar surface area (TPSA) is 67.8 Å². The molecule has 0 spiro atoms. The second kappa shape index (κ2) is 8.97. The van der Waals surface area contributed by atoms with Crippen LogP contribution in [0.5, 0.6) is 23.0 Å².